The molecule has 2 aromatic carbocycles. The van der Waals surface area contributed by atoms with Crippen LogP contribution in [-0.2, 0) is 6.54 Å². The lowest BCUT2D eigenvalue weighted by Crippen LogP contribution is -2.12. The zero-order chi connectivity index (χ0) is 17.6. The number of carboxylic acids is 1. The fourth-order valence-corrected chi connectivity index (χ4v) is 4.05. The first-order chi connectivity index (χ1) is 12.0. The SMILES string of the molecule is N=C(N)c1ccc2cc(C(=O)O)n(Cc3csc4ccccc34)c2c1. The van der Waals surface area contributed by atoms with Crippen molar-refractivity contribution < 1.29 is 9.90 Å². The first kappa shape index (κ1) is 15.4. The van der Waals surface area contributed by atoms with Gasteiger partial charge in [0.05, 0.1) is 0 Å². The number of amidine groups is 1. The first-order valence-corrected chi connectivity index (χ1v) is 8.58. The number of nitrogens with zero attached hydrogens (tertiary/aromatic N) is 1. The summed E-state index contributed by atoms with van der Waals surface area (Å²) in [6.07, 6.45) is 0. The van der Waals surface area contributed by atoms with Crippen LogP contribution < -0.4 is 5.73 Å². The average molecular weight is 349 g/mol. The summed E-state index contributed by atoms with van der Waals surface area (Å²) >= 11 is 1.65. The fraction of sp³-hybridized carbons (Fsp3) is 0.0526. The third-order valence-electron chi connectivity index (χ3n) is 4.32. The number of nitrogen functional groups attached to an aromatic ring is 1. The van der Waals surface area contributed by atoms with Crippen LogP contribution in [0, 0.1) is 5.41 Å². The van der Waals surface area contributed by atoms with Gasteiger partial charge in [-0.2, -0.15) is 0 Å². The highest BCUT2D eigenvalue weighted by Gasteiger charge is 2.17. The summed E-state index contributed by atoms with van der Waals surface area (Å²) in [5.41, 5.74) is 8.24. The highest BCUT2D eigenvalue weighted by molar-refractivity contribution is 7.17. The van der Waals surface area contributed by atoms with Crippen molar-refractivity contribution in [3.8, 4) is 0 Å². The Hall–Kier alpha value is -3.12. The topological polar surface area (TPSA) is 92.1 Å². The van der Waals surface area contributed by atoms with Gasteiger partial charge in [0.1, 0.15) is 11.5 Å². The zero-order valence-electron chi connectivity index (χ0n) is 13.2. The molecule has 0 aliphatic carbocycles. The number of nitrogens with one attached hydrogen (secondary N) is 1. The third-order valence-corrected chi connectivity index (χ3v) is 5.34. The van der Waals surface area contributed by atoms with E-state index in [0.717, 1.165) is 21.9 Å². The maximum atomic E-state index is 11.7. The molecule has 4 rings (SSSR count). The van der Waals surface area contributed by atoms with Gasteiger partial charge in [0.2, 0.25) is 0 Å². The third kappa shape index (κ3) is 2.56. The number of nitrogens with two attached hydrogens (primary N) is 1. The van der Waals surface area contributed by atoms with E-state index in [1.807, 2.05) is 18.2 Å². The lowest BCUT2D eigenvalue weighted by Gasteiger charge is -2.09. The number of hydrogen-bond donors (Lipinski definition) is 3. The maximum Gasteiger partial charge on any atom is 0.352 e. The van der Waals surface area contributed by atoms with Crippen LogP contribution >= 0.6 is 11.3 Å². The monoisotopic (exact) mass is 349 g/mol. The van der Waals surface area contributed by atoms with E-state index < -0.39 is 5.97 Å². The lowest BCUT2D eigenvalue weighted by atomic mass is 10.1. The van der Waals surface area contributed by atoms with Crippen molar-refractivity contribution in [1.29, 1.82) is 5.41 Å². The molecular formula is C19H15N3O2S. The Morgan fingerprint density at radius 1 is 1.20 bits per heavy atom. The van der Waals surface area contributed by atoms with Gasteiger partial charge in [-0.05, 0) is 34.5 Å². The van der Waals surface area contributed by atoms with Crippen molar-refractivity contribution in [1.82, 2.24) is 4.57 Å². The molecule has 0 fully saturated rings. The minimum absolute atomic E-state index is 0.0347. The van der Waals surface area contributed by atoms with Crippen molar-refractivity contribution in [3.63, 3.8) is 0 Å². The van der Waals surface area contributed by atoms with Gasteiger partial charge in [-0.3, -0.25) is 5.41 Å². The Bertz CT molecular complexity index is 1140. The second-order valence-electron chi connectivity index (χ2n) is 5.87. The number of benzene rings is 2. The second-order valence-corrected chi connectivity index (χ2v) is 6.78. The predicted octanol–water partition coefficient (Wildman–Crippen LogP) is 3.89. The first-order valence-electron chi connectivity index (χ1n) is 7.70. The van der Waals surface area contributed by atoms with E-state index in [2.05, 4.69) is 11.4 Å². The number of thiophene rings is 1. The van der Waals surface area contributed by atoms with Crippen molar-refractivity contribution in [2.24, 2.45) is 5.73 Å². The largest absolute Gasteiger partial charge is 0.477 e. The number of aromatic carboxylic acids is 1. The number of carbonyl (C=O) groups is 1. The van der Waals surface area contributed by atoms with Crippen molar-refractivity contribution in [2.45, 2.75) is 6.54 Å². The van der Waals surface area contributed by atoms with Gasteiger partial charge in [-0.25, -0.2) is 4.79 Å². The highest BCUT2D eigenvalue weighted by Crippen LogP contribution is 2.29. The molecule has 0 amide bonds. The number of carboxylic acid groups (broad SMARTS) is 1. The molecule has 0 saturated carbocycles. The average Bonchev–Trinajstić information content (AvgIpc) is 3.17. The van der Waals surface area contributed by atoms with Gasteiger partial charge in [0.25, 0.3) is 0 Å². The molecule has 0 atom stereocenters. The van der Waals surface area contributed by atoms with Crippen LogP contribution in [0.25, 0.3) is 21.0 Å². The minimum Gasteiger partial charge on any atom is -0.477 e. The summed E-state index contributed by atoms with van der Waals surface area (Å²) in [6.45, 7) is 0.455. The molecular weight excluding hydrogens is 334 g/mol. The maximum absolute atomic E-state index is 11.7. The van der Waals surface area contributed by atoms with E-state index in [0.29, 0.717) is 12.1 Å². The molecule has 0 unspecified atom stereocenters. The number of fused-ring (bicyclic) bond motifs is 2. The molecule has 0 saturated heterocycles. The molecule has 4 N–H and O–H groups in total. The van der Waals surface area contributed by atoms with Crippen molar-refractivity contribution in [2.75, 3.05) is 0 Å². The van der Waals surface area contributed by atoms with Crippen LogP contribution in [0.5, 0.6) is 0 Å². The summed E-state index contributed by atoms with van der Waals surface area (Å²) < 4.78 is 2.95. The lowest BCUT2D eigenvalue weighted by molar-refractivity contribution is 0.0686. The van der Waals surface area contributed by atoms with E-state index in [4.69, 9.17) is 11.1 Å². The standard InChI is InChI=1S/C19H15N3O2S/c20-18(21)12-6-5-11-7-16(19(23)24)22(15(11)8-12)9-13-10-25-17-4-2-1-3-14(13)17/h1-8,10H,9H2,(H3,20,21)(H,23,24). The Morgan fingerprint density at radius 2 is 2.00 bits per heavy atom. The summed E-state index contributed by atoms with van der Waals surface area (Å²) in [5.74, 6) is -1.01. The molecule has 0 aliphatic heterocycles. The van der Waals surface area contributed by atoms with Gasteiger partial charge in [-0.15, -0.1) is 11.3 Å². The normalized spacial score (nSPS) is 11.2. The molecule has 0 radical (unpaired) electrons. The van der Waals surface area contributed by atoms with E-state index in [1.165, 1.54) is 4.70 Å². The Kier molecular flexibility index (Phi) is 3.54. The van der Waals surface area contributed by atoms with Crippen LogP contribution in [-0.4, -0.2) is 21.5 Å². The van der Waals surface area contributed by atoms with Crippen molar-refractivity contribution in [3.05, 3.63) is 70.7 Å². The quantitative estimate of drug-likeness (QED) is 0.385. The Balaban J connectivity index is 1.92. The molecule has 25 heavy (non-hydrogen) atoms. The van der Waals surface area contributed by atoms with Crippen LogP contribution in [0.3, 0.4) is 0 Å². The number of hydrogen-bond acceptors (Lipinski definition) is 3. The van der Waals surface area contributed by atoms with Crippen LogP contribution in [0.15, 0.2) is 53.9 Å². The molecule has 4 aromatic rings. The summed E-state index contributed by atoms with van der Waals surface area (Å²) in [4.78, 5) is 11.7. The smallest absolute Gasteiger partial charge is 0.352 e. The number of aromatic nitrogens is 1. The van der Waals surface area contributed by atoms with Gasteiger partial charge in [0, 0.05) is 27.7 Å². The molecule has 2 heterocycles. The van der Waals surface area contributed by atoms with Crippen molar-refractivity contribution >= 4 is 44.1 Å². The van der Waals surface area contributed by atoms with Crippen LogP contribution in [0.2, 0.25) is 0 Å². The number of rotatable bonds is 4. The zero-order valence-corrected chi connectivity index (χ0v) is 14.0. The predicted molar refractivity (Wildman–Crippen MR) is 101 cm³/mol. The highest BCUT2D eigenvalue weighted by atomic mass is 32.1. The molecule has 0 bridgehead atoms. The summed E-state index contributed by atoms with van der Waals surface area (Å²) in [6, 6.07) is 15.1. The second kappa shape index (κ2) is 5.75. The molecule has 0 aliphatic rings. The van der Waals surface area contributed by atoms with E-state index in [-0.39, 0.29) is 11.5 Å². The van der Waals surface area contributed by atoms with E-state index in [1.54, 1.807) is 40.2 Å². The minimum atomic E-state index is -0.972. The van der Waals surface area contributed by atoms with Crippen LogP contribution in [0.4, 0.5) is 0 Å². The van der Waals surface area contributed by atoms with Crippen LogP contribution in [0.1, 0.15) is 21.6 Å². The van der Waals surface area contributed by atoms with Gasteiger partial charge in [-0.1, -0.05) is 30.3 Å². The molecule has 2 aromatic heterocycles. The molecule has 6 heteroatoms. The Morgan fingerprint density at radius 3 is 2.76 bits per heavy atom. The van der Waals surface area contributed by atoms with Gasteiger partial charge in [0.15, 0.2) is 0 Å². The molecule has 124 valence electrons. The Labute approximate surface area is 147 Å². The van der Waals surface area contributed by atoms with Gasteiger partial charge < -0.3 is 15.4 Å². The summed E-state index contributed by atoms with van der Waals surface area (Å²) in [5, 5.41) is 21.3. The molecule has 0 spiro atoms. The fourth-order valence-electron chi connectivity index (χ4n) is 3.10. The van der Waals surface area contributed by atoms with Gasteiger partial charge >= 0.3 is 5.97 Å². The summed E-state index contributed by atoms with van der Waals surface area (Å²) in [7, 11) is 0. The van der Waals surface area contributed by atoms with E-state index >= 15 is 0 Å². The molecule has 5 nitrogen and oxygen atoms in total. The van der Waals surface area contributed by atoms with E-state index in [9.17, 15) is 9.90 Å².